The lowest BCUT2D eigenvalue weighted by molar-refractivity contribution is -0.119. The summed E-state index contributed by atoms with van der Waals surface area (Å²) < 4.78 is 1.04. The number of hydrogen-bond acceptors (Lipinski definition) is 6. The first-order valence-corrected chi connectivity index (χ1v) is 9.12. The highest BCUT2D eigenvalue weighted by Gasteiger charge is 2.12. The van der Waals surface area contributed by atoms with E-state index in [1.54, 1.807) is 29.0 Å². The Labute approximate surface area is 134 Å². The summed E-state index contributed by atoms with van der Waals surface area (Å²) in [6, 6.07) is 6.03. The number of hydrogen-bond donors (Lipinski definition) is 1. The van der Waals surface area contributed by atoms with Gasteiger partial charge in [0.2, 0.25) is 5.91 Å². The third kappa shape index (κ3) is 3.42. The van der Waals surface area contributed by atoms with Gasteiger partial charge in [-0.3, -0.25) is 4.79 Å². The van der Waals surface area contributed by atoms with E-state index >= 15 is 0 Å². The Kier molecular flexibility index (Phi) is 4.52. The second kappa shape index (κ2) is 6.55. The van der Waals surface area contributed by atoms with Crippen molar-refractivity contribution in [2.24, 2.45) is 0 Å². The molecule has 4 nitrogen and oxygen atoms in total. The number of thioether (sulfide) groups is 1. The summed E-state index contributed by atoms with van der Waals surface area (Å²) in [4.78, 5) is 21.7. The van der Waals surface area contributed by atoms with E-state index in [1.165, 1.54) is 11.8 Å². The molecule has 1 amide bonds. The van der Waals surface area contributed by atoms with Crippen LogP contribution in [-0.2, 0) is 4.79 Å². The number of rotatable bonds is 5. The molecule has 0 aromatic carbocycles. The minimum absolute atomic E-state index is 0.0178. The van der Waals surface area contributed by atoms with Gasteiger partial charge in [0.1, 0.15) is 11.4 Å². The topological polar surface area (TPSA) is 54.9 Å². The Hall–Kier alpha value is -1.44. The molecule has 0 aliphatic carbocycles. The number of nitrogens with zero attached hydrogens (tertiary/aromatic N) is 2. The Morgan fingerprint density at radius 2 is 2.24 bits per heavy atom. The molecule has 1 atom stereocenters. The molecule has 0 saturated heterocycles. The molecule has 0 bridgehead atoms. The summed E-state index contributed by atoms with van der Waals surface area (Å²) in [5.74, 6) is 0.379. The first-order chi connectivity index (χ1) is 10.2. The quantitative estimate of drug-likeness (QED) is 0.570. The highest BCUT2D eigenvalue weighted by molar-refractivity contribution is 8.00. The van der Waals surface area contributed by atoms with Crippen molar-refractivity contribution < 1.29 is 4.79 Å². The predicted molar refractivity (Wildman–Crippen MR) is 89.0 cm³/mol. The van der Waals surface area contributed by atoms with Crippen LogP contribution in [0.1, 0.15) is 17.8 Å². The van der Waals surface area contributed by atoms with E-state index in [2.05, 4.69) is 15.3 Å². The lowest BCUT2D eigenvalue weighted by Gasteiger charge is -2.11. The standard InChI is InChI=1S/C14H13N3OS3/c1-9(11-3-2-5-19-11)17-12(18)7-21-14-13-10(4-6-20-13)15-8-16-14/h2-6,8-9H,7H2,1H3,(H,17,18). The van der Waals surface area contributed by atoms with E-state index in [0.717, 1.165) is 20.1 Å². The van der Waals surface area contributed by atoms with E-state index in [0.29, 0.717) is 5.75 Å². The minimum Gasteiger partial charge on any atom is -0.348 e. The molecule has 0 radical (unpaired) electrons. The Bertz CT molecular complexity index is 739. The van der Waals surface area contributed by atoms with Gasteiger partial charge in [0, 0.05) is 4.88 Å². The molecule has 0 fully saturated rings. The van der Waals surface area contributed by atoms with Gasteiger partial charge in [-0.15, -0.1) is 22.7 Å². The van der Waals surface area contributed by atoms with Crippen molar-refractivity contribution in [2.45, 2.75) is 18.0 Å². The van der Waals surface area contributed by atoms with Crippen molar-refractivity contribution in [3.05, 3.63) is 40.2 Å². The fraction of sp³-hybridized carbons (Fsp3) is 0.214. The van der Waals surface area contributed by atoms with Crippen LogP contribution in [0.15, 0.2) is 40.3 Å². The smallest absolute Gasteiger partial charge is 0.230 e. The van der Waals surface area contributed by atoms with Crippen LogP contribution >= 0.6 is 34.4 Å². The van der Waals surface area contributed by atoms with Crippen LogP contribution < -0.4 is 5.32 Å². The molecule has 3 aromatic heterocycles. The van der Waals surface area contributed by atoms with Gasteiger partial charge in [-0.05, 0) is 29.8 Å². The van der Waals surface area contributed by atoms with E-state index < -0.39 is 0 Å². The summed E-state index contributed by atoms with van der Waals surface area (Å²) in [6.45, 7) is 2.00. The van der Waals surface area contributed by atoms with Gasteiger partial charge in [0.25, 0.3) is 0 Å². The Balaban J connectivity index is 1.60. The number of thiophene rings is 2. The van der Waals surface area contributed by atoms with Gasteiger partial charge in [-0.1, -0.05) is 17.8 Å². The molecule has 1 unspecified atom stereocenters. The molecule has 7 heteroatoms. The van der Waals surface area contributed by atoms with E-state index in [4.69, 9.17) is 0 Å². The van der Waals surface area contributed by atoms with Gasteiger partial charge >= 0.3 is 0 Å². The van der Waals surface area contributed by atoms with Gasteiger partial charge in [0.05, 0.1) is 22.0 Å². The number of amides is 1. The van der Waals surface area contributed by atoms with E-state index in [-0.39, 0.29) is 11.9 Å². The molecular formula is C14H13N3OS3. The summed E-state index contributed by atoms with van der Waals surface area (Å²) in [5.41, 5.74) is 0.935. The highest BCUT2D eigenvalue weighted by Crippen LogP contribution is 2.28. The van der Waals surface area contributed by atoms with E-state index in [9.17, 15) is 4.79 Å². The number of aromatic nitrogens is 2. The number of carbonyl (C=O) groups is 1. The van der Waals surface area contributed by atoms with Crippen molar-refractivity contribution >= 4 is 50.6 Å². The summed E-state index contributed by atoms with van der Waals surface area (Å²) in [5, 5.41) is 7.88. The predicted octanol–water partition coefficient (Wildman–Crippen LogP) is 3.72. The highest BCUT2D eigenvalue weighted by atomic mass is 32.2. The molecule has 3 rings (SSSR count). The van der Waals surface area contributed by atoms with Gasteiger partial charge < -0.3 is 5.32 Å². The van der Waals surface area contributed by atoms with Crippen molar-refractivity contribution in [3.63, 3.8) is 0 Å². The van der Waals surface area contributed by atoms with Gasteiger partial charge in [-0.2, -0.15) is 0 Å². The molecule has 0 spiro atoms. The van der Waals surface area contributed by atoms with Crippen molar-refractivity contribution in [1.29, 1.82) is 0 Å². The molecule has 3 heterocycles. The van der Waals surface area contributed by atoms with Crippen molar-refractivity contribution in [3.8, 4) is 0 Å². The zero-order valence-corrected chi connectivity index (χ0v) is 13.7. The molecular weight excluding hydrogens is 322 g/mol. The molecule has 1 N–H and O–H groups in total. The largest absolute Gasteiger partial charge is 0.348 e. The van der Waals surface area contributed by atoms with Crippen LogP contribution in [0.3, 0.4) is 0 Å². The van der Waals surface area contributed by atoms with Crippen LogP contribution in [0.5, 0.6) is 0 Å². The third-order valence-electron chi connectivity index (χ3n) is 2.90. The molecule has 21 heavy (non-hydrogen) atoms. The minimum atomic E-state index is 0.0178. The third-order valence-corrected chi connectivity index (χ3v) is 5.98. The molecule has 108 valence electrons. The van der Waals surface area contributed by atoms with Crippen LogP contribution in [0.25, 0.3) is 10.2 Å². The maximum atomic E-state index is 12.0. The number of fused-ring (bicyclic) bond motifs is 1. The first-order valence-electron chi connectivity index (χ1n) is 6.38. The van der Waals surface area contributed by atoms with Crippen LogP contribution in [0.2, 0.25) is 0 Å². The Morgan fingerprint density at radius 1 is 1.33 bits per heavy atom. The molecule has 0 saturated carbocycles. The lowest BCUT2D eigenvalue weighted by Crippen LogP contribution is -2.27. The fourth-order valence-electron chi connectivity index (χ4n) is 1.89. The van der Waals surface area contributed by atoms with Gasteiger partial charge in [-0.25, -0.2) is 9.97 Å². The zero-order chi connectivity index (χ0) is 14.7. The van der Waals surface area contributed by atoms with Crippen LogP contribution in [0.4, 0.5) is 0 Å². The second-order valence-corrected chi connectivity index (χ2v) is 7.27. The number of carbonyl (C=O) groups excluding carboxylic acids is 1. The SMILES string of the molecule is CC(NC(=O)CSc1ncnc2ccsc12)c1cccs1. The summed E-state index contributed by atoms with van der Waals surface area (Å²) in [7, 11) is 0. The average molecular weight is 335 g/mol. The zero-order valence-electron chi connectivity index (χ0n) is 11.3. The van der Waals surface area contributed by atoms with Crippen molar-refractivity contribution in [1.82, 2.24) is 15.3 Å². The normalized spacial score (nSPS) is 12.4. The summed E-state index contributed by atoms with van der Waals surface area (Å²) >= 11 is 4.70. The second-order valence-electron chi connectivity index (χ2n) is 4.41. The molecule has 3 aromatic rings. The number of nitrogens with one attached hydrogen (secondary N) is 1. The molecule has 0 aliphatic rings. The maximum Gasteiger partial charge on any atom is 0.230 e. The van der Waals surface area contributed by atoms with E-state index in [1.807, 2.05) is 35.9 Å². The fourth-order valence-corrected chi connectivity index (χ4v) is 4.39. The lowest BCUT2D eigenvalue weighted by atomic mass is 10.3. The first kappa shape index (κ1) is 14.5. The van der Waals surface area contributed by atoms with Gasteiger partial charge in [0.15, 0.2) is 0 Å². The van der Waals surface area contributed by atoms with Crippen LogP contribution in [0, 0.1) is 0 Å². The van der Waals surface area contributed by atoms with Crippen LogP contribution in [-0.4, -0.2) is 21.6 Å². The Morgan fingerprint density at radius 3 is 3.05 bits per heavy atom. The molecule has 0 aliphatic heterocycles. The summed E-state index contributed by atoms with van der Waals surface area (Å²) in [6.07, 6.45) is 1.55. The monoisotopic (exact) mass is 335 g/mol. The van der Waals surface area contributed by atoms with Crippen molar-refractivity contribution in [2.75, 3.05) is 5.75 Å². The average Bonchev–Trinajstić information content (AvgIpc) is 3.15. The maximum absolute atomic E-state index is 12.0.